The fourth-order valence-corrected chi connectivity index (χ4v) is 2.26. The molecule has 6 heteroatoms. The number of nitro groups is 1. The summed E-state index contributed by atoms with van der Waals surface area (Å²) < 4.78 is 0. The summed E-state index contributed by atoms with van der Waals surface area (Å²) in [6.45, 7) is 2.33. The van der Waals surface area contributed by atoms with Crippen LogP contribution in [0.15, 0.2) is 18.2 Å². The minimum atomic E-state index is -0.468. The van der Waals surface area contributed by atoms with E-state index in [1.807, 2.05) is 6.92 Å². The number of benzene rings is 1. The molecule has 1 aliphatic carbocycles. The summed E-state index contributed by atoms with van der Waals surface area (Å²) in [6.07, 6.45) is 0.922. The van der Waals surface area contributed by atoms with Crippen molar-refractivity contribution in [3.63, 3.8) is 0 Å². The van der Waals surface area contributed by atoms with Gasteiger partial charge in [0.2, 0.25) is 5.91 Å². The molecule has 0 N–H and O–H groups in total. The number of carbonyl (C=O) groups is 1. The van der Waals surface area contributed by atoms with E-state index in [1.54, 1.807) is 11.9 Å². The Bertz CT molecular complexity index is 533. The fourth-order valence-electron chi connectivity index (χ4n) is 2.08. The van der Waals surface area contributed by atoms with E-state index in [-0.39, 0.29) is 17.5 Å². The molecule has 1 aromatic carbocycles. The van der Waals surface area contributed by atoms with Crippen LogP contribution in [0.3, 0.4) is 0 Å². The molecule has 0 aromatic heterocycles. The highest BCUT2D eigenvalue weighted by atomic mass is 35.5. The molecular formula is C13H15ClN2O3. The number of nitro benzene ring substituents is 1. The molecule has 19 heavy (non-hydrogen) atoms. The number of amides is 1. The molecule has 1 aliphatic rings. The monoisotopic (exact) mass is 282 g/mol. The first-order valence-electron chi connectivity index (χ1n) is 6.08. The normalized spacial score (nSPS) is 21.0. The van der Waals surface area contributed by atoms with Crippen molar-refractivity contribution < 1.29 is 9.72 Å². The summed E-state index contributed by atoms with van der Waals surface area (Å²) in [5, 5.41) is 11.2. The Kier molecular flexibility index (Phi) is 3.75. The first-order chi connectivity index (χ1) is 8.90. The van der Waals surface area contributed by atoms with E-state index in [4.69, 9.17) is 11.6 Å². The number of rotatable bonds is 4. The van der Waals surface area contributed by atoms with Crippen molar-refractivity contribution in [2.24, 2.45) is 11.8 Å². The van der Waals surface area contributed by atoms with Gasteiger partial charge in [-0.2, -0.15) is 0 Å². The second-order valence-electron chi connectivity index (χ2n) is 5.05. The van der Waals surface area contributed by atoms with Gasteiger partial charge < -0.3 is 4.90 Å². The van der Waals surface area contributed by atoms with E-state index in [0.717, 1.165) is 6.42 Å². The van der Waals surface area contributed by atoms with E-state index < -0.39 is 4.92 Å². The second kappa shape index (κ2) is 5.17. The molecule has 5 nitrogen and oxygen atoms in total. The van der Waals surface area contributed by atoms with Crippen LogP contribution in [0.25, 0.3) is 0 Å². The number of carbonyl (C=O) groups excluding carboxylic acids is 1. The Morgan fingerprint density at radius 3 is 2.74 bits per heavy atom. The molecule has 0 unspecified atom stereocenters. The summed E-state index contributed by atoms with van der Waals surface area (Å²) in [4.78, 5) is 23.8. The zero-order valence-electron chi connectivity index (χ0n) is 10.8. The van der Waals surface area contributed by atoms with E-state index in [2.05, 4.69) is 0 Å². The predicted molar refractivity (Wildman–Crippen MR) is 71.9 cm³/mol. The van der Waals surface area contributed by atoms with E-state index in [0.29, 0.717) is 23.0 Å². The van der Waals surface area contributed by atoms with Gasteiger partial charge in [0.15, 0.2) is 0 Å². The van der Waals surface area contributed by atoms with Crippen LogP contribution < -0.4 is 0 Å². The summed E-state index contributed by atoms with van der Waals surface area (Å²) in [5.74, 6) is 0.619. The van der Waals surface area contributed by atoms with Gasteiger partial charge in [-0.15, -0.1) is 0 Å². The smallest absolute Gasteiger partial charge is 0.269 e. The Labute approximate surface area is 116 Å². The van der Waals surface area contributed by atoms with Crippen molar-refractivity contribution in [3.05, 3.63) is 38.9 Å². The van der Waals surface area contributed by atoms with Gasteiger partial charge in [0.1, 0.15) is 0 Å². The summed E-state index contributed by atoms with van der Waals surface area (Å²) in [7, 11) is 1.70. The molecule has 1 saturated carbocycles. The van der Waals surface area contributed by atoms with E-state index >= 15 is 0 Å². The molecule has 0 saturated heterocycles. The maximum absolute atomic E-state index is 12.0. The molecule has 102 valence electrons. The van der Waals surface area contributed by atoms with Crippen molar-refractivity contribution in [1.82, 2.24) is 4.90 Å². The van der Waals surface area contributed by atoms with Gasteiger partial charge in [-0.3, -0.25) is 14.9 Å². The molecule has 1 fully saturated rings. The predicted octanol–water partition coefficient (Wildman–Crippen LogP) is 2.86. The Morgan fingerprint density at radius 2 is 2.21 bits per heavy atom. The van der Waals surface area contributed by atoms with Crippen molar-refractivity contribution in [1.29, 1.82) is 0 Å². The highest BCUT2D eigenvalue weighted by Gasteiger charge is 2.40. The molecular weight excluding hydrogens is 268 g/mol. The standard InChI is InChI=1S/C13H15ClN2O3/c1-8-5-11(8)13(17)15(2)7-9-6-10(16(18)19)3-4-12(9)14/h3-4,6,8,11H,5,7H2,1-2H3/t8-,11-/m1/s1. The lowest BCUT2D eigenvalue weighted by Crippen LogP contribution is -2.28. The molecule has 1 aromatic rings. The third-order valence-corrected chi connectivity index (χ3v) is 3.82. The zero-order chi connectivity index (χ0) is 14.2. The van der Waals surface area contributed by atoms with Crippen molar-refractivity contribution in [3.8, 4) is 0 Å². The van der Waals surface area contributed by atoms with E-state index in [1.165, 1.54) is 18.2 Å². The van der Waals surface area contributed by atoms with Gasteiger partial charge in [-0.05, 0) is 24.0 Å². The lowest BCUT2D eigenvalue weighted by Gasteiger charge is -2.18. The molecule has 0 radical (unpaired) electrons. The van der Waals surface area contributed by atoms with Crippen LogP contribution in [0.1, 0.15) is 18.9 Å². The zero-order valence-corrected chi connectivity index (χ0v) is 11.6. The fraction of sp³-hybridized carbons (Fsp3) is 0.462. The number of nitrogens with zero attached hydrogens (tertiary/aromatic N) is 2. The van der Waals surface area contributed by atoms with Crippen LogP contribution in [0, 0.1) is 22.0 Å². The highest BCUT2D eigenvalue weighted by molar-refractivity contribution is 6.31. The van der Waals surface area contributed by atoms with Gasteiger partial charge in [0, 0.05) is 36.7 Å². The molecule has 0 heterocycles. The average Bonchev–Trinajstić information content (AvgIpc) is 3.07. The minimum Gasteiger partial charge on any atom is -0.341 e. The molecule has 0 spiro atoms. The number of non-ortho nitro benzene ring substituents is 1. The lowest BCUT2D eigenvalue weighted by atomic mass is 10.2. The van der Waals surface area contributed by atoms with Crippen molar-refractivity contribution in [2.75, 3.05) is 7.05 Å². The summed E-state index contributed by atoms with van der Waals surface area (Å²) in [6, 6.07) is 4.27. The SMILES string of the molecule is C[C@@H]1C[C@H]1C(=O)N(C)Cc1cc([N+](=O)[O-])ccc1Cl. The number of halogens is 1. The van der Waals surface area contributed by atoms with Crippen molar-refractivity contribution >= 4 is 23.2 Å². The largest absolute Gasteiger partial charge is 0.341 e. The maximum atomic E-state index is 12.0. The topological polar surface area (TPSA) is 63.5 Å². The maximum Gasteiger partial charge on any atom is 0.269 e. The van der Waals surface area contributed by atoms with Gasteiger partial charge in [-0.1, -0.05) is 18.5 Å². The highest BCUT2D eigenvalue weighted by Crippen LogP contribution is 2.39. The Hall–Kier alpha value is -1.62. The third-order valence-electron chi connectivity index (χ3n) is 3.45. The Morgan fingerprint density at radius 1 is 1.58 bits per heavy atom. The molecule has 2 rings (SSSR count). The number of hydrogen-bond donors (Lipinski definition) is 0. The minimum absolute atomic E-state index is 0.0139. The van der Waals surface area contributed by atoms with Gasteiger partial charge >= 0.3 is 0 Å². The second-order valence-corrected chi connectivity index (χ2v) is 5.45. The molecule has 0 aliphatic heterocycles. The van der Waals surface area contributed by atoms with Crippen LogP contribution in [0.2, 0.25) is 5.02 Å². The van der Waals surface area contributed by atoms with Gasteiger partial charge in [0.05, 0.1) is 4.92 Å². The van der Waals surface area contributed by atoms with Crippen LogP contribution in [-0.2, 0) is 11.3 Å². The van der Waals surface area contributed by atoms with Crippen LogP contribution in [0.4, 0.5) is 5.69 Å². The third kappa shape index (κ3) is 3.04. The van der Waals surface area contributed by atoms with Crippen LogP contribution >= 0.6 is 11.6 Å². The molecule has 2 atom stereocenters. The molecule has 0 bridgehead atoms. The van der Waals surface area contributed by atoms with Crippen LogP contribution in [-0.4, -0.2) is 22.8 Å². The van der Waals surface area contributed by atoms with E-state index in [9.17, 15) is 14.9 Å². The molecule has 1 amide bonds. The first-order valence-corrected chi connectivity index (χ1v) is 6.45. The first kappa shape index (κ1) is 13.8. The quantitative estimate of drug-likeness (QED) is 0.630. The number of hydrogen-bond acceptors (Lipinski definition) is 3. The Balaban J connectivity index is 2.11. The van der Waals surface area contributed by atoms with Gasteiger partial charge in [0.25, 0.3) is 5.69 Å². The van der Waals surface area contributed by atoms with Crippen LogP contribution in [0.5, 0.6) is 0 Å². The van der Waals surface area contributed by atoms with Gasteiger partial charge in [-0.25, -0.2) is 0 Å². The average molecular weight is 283 g/mol. The summed E-state index contributed by atoms with van der Waals surface area (Å²) in [5.41, 5.74) is 0.583. The van der Waals surface area contributed by atoms with Crippen molar-refractivity contribution in [2.45, 2.75) is 19.9 Å². The lowest BCUT2D eigenvalue weighted by molar-refractivity contribution is -0.384. The summed E-state index contributed by atoms with van der Waals surface area (Å²) >= 11 is 6.01.